The van der Waals surface area contributed by atoms with Crippen molar-refractivity contribution < 1.29 is 4.42 Å². The number of hydrogen-bond acceptors (Lipinski definition) is 4. The molecule has 0 aliphatic rings. The third-order valence-electron chi connectivity index (χ3n) is 3.01. The van der Waals surface area contributed by atoms with Gasteiger partial charge < -0.3 is 20.1 Å². The summed E-state index contributed by atoms with van der Waals surface area (Å²) >= 11 is 3.22. The fraction of sp³-hybridized carbons (Fsp3) is 0.0769. The van der Waals surface area contributed by atoms with Crippen LogP contribution in [0.5, 0.6) is 0 Å². The molecule has 20 heavy (non-hydrogen) atoms. The van der Waals surface area contributed by atoms with Gasteiger partial charge in [-0.3, -0.25) is 9.59 Å². The van der Waals surface area contributed by atoms with Crippen LogP contribution in [-0.2, 0) is 0 Å². The van der Waals surface area contributed by atoms with E-state index in [-0.39, 0.29) is 0 Å². The molecule has 1 aromatic carbocycles. The molecule has 0 saturated carbocycles. The van der Waals surface area contributed by atoms with E-state index in [1.165, 1.54) is 0 Å². The number of aromatic amines is 2. The second-order valence-electron chi connectivity index (χ2n) is 4.33. The number of aromatic nitrogens is 2. The Morgan fingerprint density at radius 1 is 1.05 bits per heavy atom. The van der Waals surface area contributed by atoms with Gasteiger partial charge >= 0.3 is 11.1 Å². The molecule has 6 nitrogen and oxygen atoms in total. The van der Waals surface area contributed by atoms with Crippen LogP contribution >= 0.6 is 15.9 Å². The molecule has 2 aromatic heterocycles. The lowest BCUT2D eigenvalue weighted by molar-refractivity contribution is 0.470. The highest BCUT2D eigenvalue weighted by Gasteiger charge is 2.13. The number of H-pyrrole nitrogens is 2. The van der Waals surface area contributed by atoms with E-state index < -0.39 is 17.2 Å². The van der Waals surface area contributed by atoms with E-state index in [9.17, 15) is 9.59 Å². The first-order valence-electron chi connectivity index (χ1n) is 5.81. The maximum Gasteiger partial charge on any atom is 0.314 e. The first-order valence-corrected chi connectivity index (χ1v) is 6.61. The van der Waals surface area contributed by atoms with Crippen molar-refractivity contribution in [1.29, 1.82) is 0 Å². The van der Waals surface area contributed by atoms with Crippen molar-refractivity contribution in [3.8, 4) is 0 Å². The van der Waals surface area contributed by atoms with Crippen molar-refractivity contribution >= 4 is 27.0 Å². The summed E-state index contributed by atoms with van der Waals surface area (Å²) in [6, 6.07) is 8.26. The number of rotatable bonds is 2. The molecule has 3 rings (SSSR count). The molecule has 0 aliphatic carbocycles. The SMILES string of the molecule is NC(c1ccc2[nH]c(=O)c(=O)[nH]c2c1)c1ccc(Br)o1. The predicted molar refractivity (Wildman–Crippen MR) is 77.6 cm³/mol. The van der Waals surface area contributed by atoms with Crippen molar-refractivity contribution in [3.05, 3.63) is 67.0 Å². The van der Waals surface area contributed by atoms with Crippen molar-refractivity contribution in [3.63, 3.8) is 0 Å². The van der Waals surface area contributed by atoms with E-state index in [2.05, 4.69) is 25.9 Å². The maximum atomic E-state index is 11.3. The molecule has 0 amide bonds. The van der Waals surface area contributed by atoms with Gasteiger partial charge in [0.2, 0.25) is 0 Å². The Kier molecular flexibility index (Phi) is 3.07. The van der Waals surface area contributed by atoms with Crippen LogP contribution in [0.4, 0.5) is 0 Å². The second-order valence-corrected chi connectivity index (χ2v) is 5.11. The quantitative estimate of drug-likeness (QED) is 0.619. The van der Waals surface area contributed by atoms with Gasteiger partial charge in [-0.15, -0.1) is 0 Å². The lowest BCUT2D eigenvalue weighted by Gasteiger charge is -2.10. The van der Waals surface area contributed by atoms with Crippen LogP contribution in [0.1, 0.15) is 17.4 Å². The van der Waals surface area contributed by atoms with Gasteiger partial charge in [-0.25, -0.2) is 0 Å². The molecule has 0 spiro atoms. The van der Waals surface area contributed by atoms with E-state index in [1.807, 2.05) is 0 Å². The Labute approximate surface area is 120 Å². The average Bonchev–Trinajstić information content (AvgIpc) is 2.85. The largest absolute Gasteiger partial charge is 0.452 e. The van der Waals surface area contributed by atoms with Gasteiger partial charge in [0.15, 0.2) is 4.67 Å². The topological polar surface area (TPSA) is 105 Å². The van der Waals surface area contributed by atoms with Crippen LogP contribution in [0.2, 0.25) is 0 Å². The molecular weight excluding hydrogens is 326 g/mol. The molecule has 0 aliphatic heterocycles. The zero-order valence-corrected chi connectivity index (χ0v) is 11.7. The molecule has 3 aromatic rings. The number of hydrogen-bond donors (Lipinski definition) is 3. The molecule has 102 valence electrons. The minimum atomic E-state index is -0.691. The summed E-state index contributed by atoms with van der Waals surface area (Å²) in [5.74, 6) is 0.600. The average molecular weight is 336 g/mol. The van der Waals surface area contributed by atoms with E-state index >= 15 is 0 Å². The summed E-state index contributed by atoms with van der Waals surface area (Å²) in [5.41, 5.74) is 6.58. The van der Waals surface area contributed by atoms with Crippen molar-refractivity contribution in [2.24, 2.45) is 5.73 Å². The second kappa shape index (κ2) is 4.77. The number of nitrogens with one attached hydrogen (secondary N) is 2. The number of benzene rings is 1. The Balaban J connectivity index is 2.11. The van der Waals surface area contributed by atoms with Crippen LogP contribution in [0.3, 0.4) is 0 Å². The van der Waals surface area contributed by atoms with E-state index in [0.717, 1.165) is 5.56 Å². The number of halogens is 1. The Morgan fingerprint density at radius 3 is 2.40 bits per heavy atom. The third-order valence-corrected chi connectivity index (χ3v) is 3.43. The smallest absolute Gasteiger partial charge is 0.314 e. The number of furan rings is 1. The molecule has 1 unspecified atom stereocenters. The molecule has 4 N–H and O–H groups in total. The Morgan fingerprint density at radius 2 is 1.75 bits per heavy atom. The van der Waals surface area contributed by atoms with Gasteiger partial charge in [0.1, 0.15) is 5.76 Å². The summed E-state index contributed by atoms with van der Waals surface area (Å²) in [6.45, 7) is 0. The fourth-order valence-electron chi connectivity index (χ4n) is 1.99. The maximum absolute atomic E-state index is 11.3. The minimum absolute atomic E-state index is 0.457. The molecule has 1 atom stereocenters. The van der Waals surface area contributed by atoms with Crippen LogP contribution in [0.15, 0.2) is 49.0 Å². The summed E-state index contributed by atoms with van der Waals surface area (Å²) in [5, 5.41) is 0. The highest BCUT2D eigenvalue weighted by atomic mass is 79.9. The van der Waals surface area contributed by atoms with Crippen LogP contribution in [0.25, 0.3) is 11.0 Å². The van der Waals surface area contributed by atoms with Gasteiger partial charge in [0, 0.05) is 0 Å². The molecule has 0 radical (unpaired) electrons. The highest BCUT2D eigenvalue weighted by Crippen LogP contribution is 2.25. The zero-order chi connectivity index (χ0) is 14.3. The molecule has 2 heterocycles. The van der Waals surface area contributed by atoms with Gasteiger partial charge in [-0.05, 0) is 45.8 Å². The summed E-state index contributed by atoms with van der Waals surface area (Å²) < 4.78 is 6.02. The molecule has 0 bridgehead atoms. The lowest BCUT2D eigenvalue weighted by atomic mass is 10.0. The lowest BCUT2D eigenvalue weighted by Crippen LogP contribution is -2.29. The molecule has 0 fully saturated rings. The normalized spacial score (nSPS) is 12.7. The first-order chi connectivity index (χ1) is 9.54. The standard InChI is InChI=1S/C13H10BrN3O3/c14-10-4-3-9(20-10)11(15)6-1-2-7-8(5-6)17-13(19)12(18)16-7/h1-5,11H,15H2,(H,16,18)(H,17,19). The van der Waals surface area contributed by atoms with Crippen LogP contribution in [-0.4, -0.2) is 9.97 Å². The van der Waals surface area contributed by atoms with Crippen LogP contribution in [0, 0.1) is 0 Å². The fourth-order valence-corrected chi connectivity index (χ4v) is 2.30. The zero-order valence-electron chi connectivity index (χ0n) is 10.1. The van der Waals surface area contributed by atoms with E-state index in [1.54, 1.807) is 30.3 Å². The van der Waals surface area contributed by atoms with Gasteiger partial charge in [-0.1, -0.05) is 6.07 Å². The number of fused-ring (bicyclic) bond motifs is 1. The summed E-state index contributed by atoms with van der Waals surface area (Å²) in [4.78, 5) is 27.6. The third kappa shape index (κ3) is 2.21. The monoisotopic (exact) mass is 335 g/mol. The van der Waals surface area contributed by atoms with Gasteiger partial charge in [0.25, 0.3) is 0 Å². The van der Waals surface area contributed by atoms with Gasteiger partial charge in [0.05, 0.1) is 17.1 Å². The van der Waals surface area contributed by atoms with Crippen molar-refractivity contribution in [2.45, 2.75) is 6.04 Å². The van der Waals surface area contributed by atoms with Crippen molar-refractivity contribution in [1.82, 2.24) is 9.97 Å². The molecule has 0 saturated heterocycles. The predicted octanol–water partition coefficient (Wildman–Crippen LogP) is 1.62. The van der Waals surface area contributed by atoms with Crippen LogP contribution < -0.4 is 16.9 Å². The summed E-state index contributed by atoms with van der Waals surface area (Å²) in [7, 11) is 0. The van der Waals surface area contributed by atoms with Gasteiger partial charge in [-0.2, -0.15) is 0 Å². The Bertz CT molecular complexity index is 894. The van der Waals surface area contributed by atoms with Crippen molar-refractivity contribution in [2.75, 3.05) is 0 Å². The van der Waals surface area contributed by atoms with E-state index in [4.69, 9.17) is 10.2 Å². The molecular formula is C13H10BrN3O3. The Hall–Kier alpha value is -2.12. The first kappa shape index (κ1) is 12.9. The minimum Gasteiger partial charge on any atom is -0.452 e. The van der Waals surface area contributed by atoms with E-state index in [0.29, 0.717) is 21.5 Å². The summed E-state index contributed by atoms with van der Waals surface area (Å²) in [6.07, 6.45) is 0. The number of nitrogens with two attached hydrogens (primary N) is 1. The highest BCUT2D eigenvalue weighted by molar-refractivity contribution is 9.10. The molecule has 7 heteroatoms.